The summed E-state index contributed by atoms with van der Waals surface area (Å²) in [7, 11) is 2.14. The molecule has 0 aliphatic carbocycles. The number of aliphatic hydroxyl groups is 1. The first-order valence-electron chi connectivity index (χ1n) is 7.00. The van der Waals surface area contributed by atoms with Crippen LogP contribution in [0.1, 0.15) is 17.5 Å². The Morgan fingerprint density at radius 2 is 2.37 bits per heavy atom. The summed E-state index contributed by atoms with van der Waals surface area (Å²) in [5.41, 5.74) is 3.41. The molecule has 2 N–H and O–H groups in total. The Hall–Kier alpha value is -1.10. The zero-order valence-corrected chi connectivity index (χ0v) is 11.5. The molecule has 1 unspecified atom stereocenters. The van der Waals surface area contributed by atoms with E-state index in [-0.39, 0.29) is 0 Å². The van der Waals surface area contributed by atoms with Crippen LogP contribution in [-0.2, 0) is 17.7 Å². The minimum Gasteiger partial charge on any atom is -0.386 e. The second-order valence-electron chi connectivity index (χ2n) is 5.77. The highest BCUT2D eigenvalue weighted by Gasteiger charge is 2.31. The van der Waals surface area contributed by atoms with Gasteiger partial charge in [0.15, 0.2) is 0 Å². The Kier molecular flexibility index (Phi) is 3.48. The third-order valence-electron chi connectivity index (χ3n) is 4.14. The number of ether oxygens (including phenoxy) is 1. The van der Waals surface area contributed by atoms with Gasteiger partial charge >= 0.3 is 0 Å². The highest BCUT2D eigenvalue weighted by atomic mass is 16.5. The van der Waals surface area contributed by atoms with Crippen LogP contribution < -0.4 is 10.2 Å². The number of rotatable bonds is 4. The van der Waals surface area contributed by atoms with Crippen LogP contribution in [0.25, 0.3) is 0 Å². The molecule has 1 aromatic carbocycles. The molecule has 3 rings (SSSR count). The van der Waals surface area contributed by atoms with Gasteiger partial charge in [-0.2, -0.15) is 0 Å². The van der Waals surface area contributed by atoms with E-state index in [4.69, 9.17) is 4.74 Å². The van der Waals surface area contributed by atoms with Crippen molar-refractivity contribution < 1.29 is 9.84 Å². The van der Waals surface area contributed by atoms with Crippen LogP contribution >= 0.6 is 0 Å². The van der Waals surface area contributed by atoms with Crippen molar-refractivity contribution in [2.75, 3.05) is 38.3 Å². The second-order valence-corrected chi connectivity index (χ2v) is 5.77. The van der Waals surface area contributed by atoms with E-state index < -0.39 is 5.60 Å². The molecule has 0 bridgehead atoms. The first-order valence-corrected chi connectivity index (χ1v) is 7.00. The van der Waals surface area contributed by atoms with Crippen LogP contribution in [0.5, 0.6) is 0 Å². The molecular weight excluding hydrogens is 240 g/mol. The summed E-state index contributed by atoms with van der Waals surface area (Å²) in [6.07, 6.45) is 1.87. The fraction of sp³-hybridized carbons (Fsp3) is 0.600. The molecule has 1 saturated heterocycles. The molecular formula is C15H22N2O2. The first-order chi connectivity index (χ1) is 9.16. The van der Waals surface area contributed by atoms with Gasteiger partial charge in [-0.25, -0.2) is 0 Å². The fourth-order valence-electron chi connectivity index (χ4n) is 2.91. The Morgan fingerprint density at radius 1 is 1.47 bits per heavy atom. The molecule has 4 nitrogen and oxygen atoms in total. The summed E-state index contributed by atoms with van der Waals surface area (Å²) in [4.78, 5) is 2.30. The molecule has 0 amide bonds. The second kappa shape index (κ2) is 5.12. The standard InChI is InChI=1S/C15H22N2O2/c1-17-6-4-13-8-12(2-3-14(13)17)9-16-10-15(18)5-7-19-11-15/h2-3,8,16,18H,4-7,9-11H2,1H3. The monoisotopic (exact) mass is 262 g/mol. The lowest BCUT2D eigenvalue weighted by Gasteiger charge is -2.21. The van der Waals surface area contributed by atoms with E-state index in [0.717, 1.165) is 25.9 Å². The minimum atomic E-state index is -0.670. The third kappa shape index (κ3) is 2.76. The average molecular weight is 262 g/mol. The summed E-state index contributed by atoms with van der Waals surface area (Å²) in [6.45, 7) is 3.64. The molecule has 2 aliphatic heterocycles. The predicted octanol–water partition coefficient (Wildman–Crippen LogP) is 0.920. The van der Waals surface area contributed by atoms with E-state index in [9.17, 15) is 5.11 Å². The highest BCUT2D eigenvalue weighted by Crippen LogP contribution is 2.27. The third-order valence-corrected chi connectivity index (χ3v) is 4.14. The molecule has 0 saturated carbocycles. The molecule has 104 valence electrons. The summed E-state index contributed by atoms with van der Waals surface area (Å²) >= 11 is 0. The number of anilines is 1. The largest absolute Gasteiger partial charge is 0.386 e. The zero-order valence-electron chi connectivity index (χ0n) is 11.5. The van der Waals surface area contributed by atoms with E-state index in [2.05, 4.69) is 35.5 Å². The Labute approximate surface area is 114 Å². The molecule has 1 aromatic rings. The van der Waals surface area contributed by atoms with Crippen molar-refractivity contribution in [3.8, 4) is 0 Å². The number of hydrogen-bond acceptors (Lipinski definition) is 4. The van der Waals surface area contributed by atoms with Crippen molar-refractivity contribution in [3.63, 3.8) is 0 Å². The highest BCUT2D eigenvalue weighted by molar-refractivity contribution is 5.58. The Balaban J connectivity index is 1.56. The topological polar surface area (TPSA) is 44.7 Å². The van der Waals surface area contributed by atoms with Crippen molar-refractivity contribution >= 4 is 5.69 Å². The smallest absolute Gasteiger partial charge is 0.102 e. The maximum absolute atomic E-state index is 10.2. The van der Waals surface area contributed by atoms with Crippen molar-refractivity contribution in [1.82, 2.24) is 5.32 Å². The molecule has 0 radical (unpaired) electrons. The molecule has 4 heteroatoms. The fourth-order valence-corrected chi connectivity index (χ4v) is 2.91. The quantitative estimate of drug-likeness (QED) is 0.847. The van der Waals surface area contributed by atoms with E-state index in [1.165, 1.54) is 16.8 Å². The summed E-state index contributed by atoms with van der Waals surface area (Å²) in [6, 6.07) is 6.65. The molecule has 1 atom stereocenters. The average Bonchev–Trinajstić information content (AvgIpc) is 2.97. The summed E-state index contributed by atoms with van der Waals surface area (Å²) in [5.74, 6) is 0. The van der Waals surface area contributed by atoms with Crippen LogP contribution in [0.15, 0.2) is 18.2 Å². The van der Waals surface area contributed by atoms with Gasteiger partial charge in [-0.3, -0.25) is 0 Å². The summed E-state index contributed by atoms with van der Waals surface area (Å²) in [5, 5.41) is 13.5. The van der Waals surface area contributed by atoms with Crippen molar-refractivity contribution in [3.05, 3.63) is 29.3 Å². The van der Waals surface area contributed by atoms with Gasteiger partial charge in [0, 0.05) is 45.4 Å². The maximum atomic E-state index is 10.2. The van der Waals surface area contributed by atoms with E-state index in [1.54, 1.807) is 0 Å². The first kappa shape index (κ1) is 12.9. The Morgan fingerprint density at radius 3 is 3.16 bits per heavy atom. The lowest BCUT2D eigenvalue weighted by atomic mass is 10.0. The van der Waals surface area contributed by atoms with Crippen LogP contribution in [-0.4, -0.2) is 44.1 Å². The van der Waals surface area contributed by atoms with Gasteiger partial charge in [0.05, 0.1) is 6.61 Å². The summed E-state index contributed by atoms with van der Waals surface area (Å²) < 4.78 is 5.24. The van der Waals surface area contributed by atoms with Gasteiger partial charge < -0.3 is 20.1 Å². The number of benzene rings is 1. The minimum absolute atomic E-state index is 0.453. The van der Waals surface area contributed by atoms with Crippen LogP contribution in [0.3, 0.4) is 0 Å². The predicted molar refractivity (Wildman–Crippen MR) is 75.5 cm³/mol. The number of likely N-dealkylation sites (N-methyl/N-ethyl adjacent to an activating group) is 1. The number of nitrogens with zero attached hydrogens (tertiary/aromatic N) is 1. The Bertz CT molecular complexity index is 455. The zero-order chi connectivity index (χ0) is 13.3. The van der Waals surface area contributed by atoms with Gasteiger partial charge in [0.1, 0.15) is 5.60 Å². The molecule has 1 fully saturated rings. The molecule has 0 spiro atoms. The molecule has 2 heterocycles. The molecule has 0 aromatic heterocycles. The lowest BCUT2D eigenvalue weighted by Crippen LogP contribution is -2.40. The molecule has 19 heavy (non-hydrogen) atoms. The van der Waals surface area contributed by atoms with E-state index >= 15 is 0 Å². The van der Waals surface area contributed by atoms with E-state index in [1.807, 2.05) is 0 Å². The maximum Gasteiger partial charge on any atom is 0.102 e. The van der Waals surface area contributed by atoms with Crippen LogP contribution in [0, 0.1) is 0 Å². The SMILES string of the molecule is CN1CCc2cc(CNCC3(O)CCOC3)ccc21. The number of hydrogen-bond donors (Lipinski definition) is 2. The number of nitrogens with one attached hydrogen (secondary N) is 1. The van der Waals surface area contributed by atoms with Crippen molar-refractivity contribution in [2.24, 2.45) is 0 Å². The van der Waals surface area contributed by atoms with Gasteiger partial charge in [0.2, 0.25) is 0 Å². The van der Waals surface area contributed by atoms with E-state index in [0.29, 0.717) is 19.8 Å². The molecule has 2 aliphatic rings. The van der Waals surface area contributed by atoms with Crippen molar-refractivity contribution in [1.29, 1.82) is 0 Å². The van der Waals surface area contributed by atoms with Crippen molar-refractivity contribution in [2.45, 2.75) is 25.0 Å². The van der Waals surface area contributed by atoms with Gasteiger partial charge in [0.25, 0.3) is 0 Å². The van der Waals surface area contributed by atoms with Gasteiger partial charge in [-0.05, 0) is 23.6 Å². The van der Waals surface area contributed by atoms with Crippen LogP contribution in [0.4, 0.5) is 5.69 Å². The normalized spacial score (nSPS) is 25.9. The lowest BCUT2D eigenvalue weighted by molar-refractivity contribution is 0.0268. The van der Waals surface area contributed by atoms with Gasteiger partial charge in [-0.1, -0.05) is 12.1 Å². The number of fused-ring (bicyclic) bond motifs is 1. The van der Waals surface area contributed by atoms with Crippen LogP contribution in [0.2, 0.25) is 0 Å². The van der Waals surface area contributed by atoms with Gasteiger partial charge in [-0.15, -0.1) is 0 Å².